The summed E-state index contributed by atoms with van der Waals surface area (Å²) in [6.45, 7) is 0. The summed E-state index contributed by atoms with van der Waals surface area (Å²) in [5.41, 5.74) is 22.0. The van der Waals surface area contributed by atoms with Gasteiger partial charge < -0.3 is 18.3 Å². The standard InChI is InChI=1S/C67H40N2O2/c1-3-18-43(19-4-1)68-57-39-42(41-35-37-61-51(38-41)47-24-10-15-32-59(47)70-61)34-36-49(57)64-58(68)40-62-65(50-26-11-16-33-60(50)71-62)66(64)69(44-20-5-2-6-21-44)56-31-17-30-55-63(56)48-25-9-14-29-54(48)67(55)52-27-12-7-22-45(52)46-23-8-13-28-53(46)67/h1-40H. The Morgan fingerprint density at radius 3 is 1.68 bits per heavy atom. The lowest BCUT2D eigenvalue weighted by molar-refractivity contribution is 0.668. The van der Waals surface area contributed by atoms with Crippen LogP contribution in [-0.4, -0.2) is 4.57 Å². The van der Waals surface area contributed by atoms with Gasteiger partial charge in [0, 0.05) is 49.9 Å². The van der Waals surface area contributed by atoms with Gasteiger partial charge in [0.2, 0.25) is 0 Å². The molecule has 0 saturated carbocycles. The highest BCUT2D eigenvalue weighted by Crippen LogP contribution is 2.65. The molecule has 0 N–H and O–H groups in total. The molecule has 0 amide bonds. The number of para-hydroxylation sites is 4. The van der Waals surface area contributed by atoms with Gasteiger partial charge in [-0.25, -0.2) is 0 Å². The zero-order chi connectivity index (χ0) is 46.4. The van der Waals surface area contributed by atoms with E-state index in [0.29, 0.717) is 0 Å². The molecule has 0 saturated heterocycles. The smallest absolute Gasteiger partial charge is 0.139 e. The van der Waals surface area contributed by atoms with Crippen LogP contribution in [0.2, 0.25) is 0 Å². The number of rotatable bonds is 5. The molecule has 0 bridgehead atoms. The molecule has 4 nitrogen and oxygen atoms in total. The van der Waals surface area contributed by atoms with E-state index in [2.05, 4.69) is 240 Å². The van der Waals surface area contributed by atoms with E-state index in [0.717, 1.165) is 99.6 Å². The number of hydrogen-bond donors (Lipinski definition) is 0. The minimum atomic E-state index is -0.507. The van der Waals surface area contributed by atoms with Crippen LogP contribution in [0, 0.1) is 0 Å². The van der Waals surface area contributed by atoms with Crippen LogP contribution in [0.3, 0.4) is 0 Å². The maximum Gasteiger partial charge on any atom is 0.139 e. The lowest BCUT2D eigenvalue weighted by atomic mass is 9.70. The minimum Gasteiger partial charge on any atom is -0.456 e. The van der Waals surface area contributed by atoms with Crippen LogP contribution in [0.15, 0.2) is 251 Å². The summed E-state index contributed by atoms with van der Waals surface area (Å²) in [7, 11) is 0. The average molecular weight is 905 g/mol. The van der Waals surface area contributed by atoms with Crippen molar-refractivity contribution in [1.29, 1.82) is 0 Å². The molecule has 14 aromatic rings. The maximum absolute atomic E-state index is 7.03. The third-order valence-electron chi connectivity index (χ3n) is 15.6. The van der Waals surface area contributed by atoms with Crippen molar-refractivity contribution < 1.29 is 8.83 Å². The summed E-state index contributed by atoms with van der Waals surface area (Å²) in [5.74, 6) is 0. The van der Waals surface area contributed by atoms with Crippen molar-refractivity contribution in [2.24, 2.45) is 0 Å². The number of fused-ring (bicyclic) bond motifs is 19. The summed E-state index contributed by atoms with van der Waals surface area (Å²) in [4.78, 5) is 2.55. The second-order valence-electron chi connectivity index (χ2n) is 19.1. The Hall–Kier alpha value is -9.38. The summed E-state index contributed by atoms with van der Waals surface area (Å²) >= 11 is 0. The van der Waals surface area contributed by atoms with E-state index >= 15 is 0 Å². The molecule has 2 aliphatic carbocycles. The Balaban J connectivity index is 1.05. The third-order valence-corrected chi connectivity index (χ3v) is 15.6. The van der Waals surface area contributed by atoms with Crippen LogP contribution >= 0.6 is 0 Å². The molecule has 0 unspecified atom stereocenters. The number of aromatic nitrogens is 1. The first-order valence-corrected chi connectivity index (χ1v) is 24.4. The largest absolute Gasteiger partial charge is 0.456 e. The predicted octanol–water partition coefficient (Wildman–Crippen LogP) is 18.1. The molecule has 3 aromatic heterocycles. The van der Waals surface area contributed by atoms with Gasteiger partial charge in [0.25, 0.3) is 0 Å². The van der Waals surface area contributed by atoms with Gasteiger partial charge in [-0.2, -0.15) is 0 Å². The fourth-order valence-electron chi connectivity index (χ4n) is 12.8. The summed E-state index contributed by atoms with van der Waals surface area (Å²) in [6, 6.07) is 88.6. The van der Waals surface area contributed by atoms with Gasteiger partial charge >= 0.3 is 0 Å². The van der Waals surface area contributed by atoms with E-state index in [-0.39, 0.29) is 0 Å². The van der Waals surface area contributed by atoms with E-state index in [1.54, 1.807) is 0 Å². The van der Waals surface area contributed by atoms with Crippen LogP contribution < -0.4 is 4.90 Å². The number of nitrogens with zero attached hydrogens (tertiary/aromatic N) is 2. The van der Waals surface area contributed by atoms with Crippen molar-refractivity contribution in [2.75, 3.05) is 4.90 Å². The molecule has 330 valence electrons. The topological polar surface area (TPSA) is 34.5 Å². The van der Waals surface area contributed by atoms with Crippen molar-refractivity contribution in [2.45, 2.75) is 5.41 Å². The average Bonchev–Trinajstić information content (AvgIpc) is 4.24. The minimum absolute atomic E-state index is 0.507. The van der Waals surface area contributed by atoms with Crippen molar-refractivity contribution >= 4 is 82.7 Å². The molecule has 3 heterocycles. The normalized spacial score (nSPS) is 13.2. The van der Waals surface area contributed by atoms with Crippen LogP contribution in [0.5, 0.6) is 0 Å². The Labute approximate surface area is 408 Å². The fourth-order valence-corrected chi connectivity index (χ4v) is 12.8. The second kappa shape index (κ2) is 14.3. The van der Waals surface area contributed by atoms with Crippen LogP contribution in [0.1, 0.15) is 22.3 Å². The molecule has 0 aliphatic heterocycles. The van der Waals surface area contributed by atoms with Gasteiger partial charge in [-0.05, 0) is 111 Å². The molecule has 4 heteroatoms. The van der Waals surface area contributed by atoms with Crippen molar-refractivity contribution in [1.82, 2.24) is 4.57 Å². The molecule has 1 spiro atoms. The first kappa shape index (κ1) is 38.6. The van der Waals surface area contributed by atoms with E-state index < -0.39 is 5.41 Å². The Morgan fingerprint density at radius 2 is 0.915 bits per heavy atom. The third kappa shape index (κ3) is 5.12. The van der Waals surface area contributed by atoms with Crippen molar-refractivity contribution in [3.05, 3.63) is 265 Å². The SMILES string of the molecule is c1ccc(N(c2cccc3c2-c2ccccc2C32c3ccccc3-c3ccccc32)c2c3c(cc4c2c2ccc(-c5ccc6oc7ccccc7c6c5)cc2n4-c2ccccc2)oc2ccccc23)cc1. The van der Waals surface area contributed by atoms with Gasteiger partial charge in [-0.15, -0.1) is 0 Å². The van der Waals surface area contributed by atoms with E-state index in [9.17, 15) is 0 Å². The Morgan fingerprint density at radius 1 is 0.352 bits per heavy atom. The van der Waals surface area contributed by atoms with E-state index in [1.165, 1.54) is 44.5 Å². The number of hydrogen-bond acceptors (Lipinski definition) is 3. The lowest BCUT2D eigenvalue weighted by Crippen LogP contribution is -2.26. The summed E-state index contributed by atoms with van der Waals surface area (Å²) in [6.07, 6.45) is 0. The predicted molar refractivity (Wildman–Crippen MR) is 292 cm³/mol. The molecule has 2 aliphatic rings. The Kier molecular flexibility index (Phi) is 7.79. The van der Waals surface area contributed by atoms with Crippen LogP contribution in [0.25, 0.3) is 105 Å². The highest BCUT2D eigenvalue weighted by atomic mass is 16.3. The van der Waals surface area contributed by atoms with Gasteiger partial charge in [-0.1, -0.05) is 176 Å². The monoisotopic (exact) mass is 904 g/mol. The molecule has 11 aromatic carbocycles. The lowest BCUT2D eigenvalue weighted by Gasteiger charge is -2.32. The zero-order valence-corrected chi connectivity index (χ0v) is 38.3. The first-order chi connectivity index (χ1) is 35.2. The second-order valence-corrected chi connectivity index (χ2v) is 19.1. The molecule has 16 rings (SSSR count). The first-order valence-electron chi connectivity index (χ1n) is 24.4. The number of anilines is 3. The van der Waals surface area contributed by atoms with Gasteiger partial charge in [0.05, 0.1) is 33.2 Å². The summed E-state index contributed by atoms with van der Waals surface area (Å²) in [5, 5.41) is 6.66. The van der Waals surface area contributed by atoms with Gasteiger partial charge in [0.15, 0.2) is 0 Å². The fraction of sp³-hybridized carbons (Fsp3) is 0.0149. The molecule has 71 heavy (non-hydrogen) atoms. The highest BCUT2D eigenvalue weighted by molar-refractivity contribution is 6.28. The number of furan rings is 2. The molecular weight excluding hydrogens is 865 g/mol. The van der Waals surface area contributed by atoms with Gasteiger partial charge in [0.1, 0.15) is 22.3 Å². The van der Waals surface area contributed by atoms with Crippen LogP contribution in [0.4, 0.5) is 17.1 Å². The quantitative estimate of drug-likeness (QED) is 0.173. The Bertz CT molecular complexity index is 4490. The van der Waals surface area contributed by atoms with Crippen molar-refractivity contribution in [3.63, 3.8) is 0 Å². The molecule has 0 fully saturated rings. The maximum atomic E-state index is 7.03. The van der Waals surface area contributed by atoms with Crippen LogP contribution in [-0.2, 0) is 5.41 Å². The molecule has 0 atom stereocenters. The number of benzene rings is 11. The van der Waals surface area contributed by atoms with E-state index in [4.69, 9.17) is 8.83 Å². The highest BCUT2D eigenvalue weighted by Gasteiger charge is 2.52. The van der Waals surface area contributed by atoms with E-state index in [1.807, 2.05) is 12.1 Å². The summed E-state index contributed by atoms with van der Waals surface area (Å²) < 4.78 is 15.7. The molecule has 0 radical (unpaired) electrons. The zero-order valence-electron chi connectivity index (χ0n) is 38.3. The molecular formula is C67H40N2O2. The van der Waals surface area contributed by atoms with Gasteiger partial charge in [-0.3, -0.25) is 0 Å². The van der Waals surface area contributed by atoms with Crippen molar-refractivity contribution in [3.8, 4) is 39.1 Å².